The molecule has 0 bridgehead atoms. The fourth-order valence-corrected chi connectivity index (χ4v) is 3.42. The van der Waals surface area contributed by atoms with Crippen LogP contribution in [-0.2, 0) is 17.9 Å². The molecule has 4 rings (SSSR count). The minimum Gasteiger partial charge on any atom is -0.497 e. The maximum Gasteiger partial charge on any atom is 0.264 e. The van der Waals surface area contributed by atoms with Crippen molar-refractivity contribution in [1.29, 1.82) is 0 Å². The lowest BCUT2D eigenvalue weighted by Gasteiger charge is -2.09. The summed E-state index contributed by atoms with van der Waals surface area (Å²) in [5, 5.41) is 7.50. The first kappa shape index (κ1) is 22.1. The van der Waals surface area contributed by atoms with Crippen LogP contribution in [0.5, 0.6) is 11.5 Å². The van der Waals surface area contributed by atoms with Crippen LogP contribution in [0, 0.1) is 6.92 Å². The van der Waals surface area contributed by atoms with E-state index in [-0.39, 0.29) is 18.1 Å². The van der Waals surface area contributed by atoms with Crippen LogP contribution < -0.4 is 20.3 Å². The molecule has 2 aromatic carbocycles. The highest BCUT2D eigenvalue weighted by Gasteiger charge is 2.11. The molecule has 0 aliphatic carbocycles. The molecule has 9 nitrogen and oxygen atoms in total. The van der Waals surface area contributed by atoms with Crippen LogP contribution >= 0.6 is 0 Å². The predicted molar refractivity (Wildman–Crippen MR) is 124 cm³/mol. The van der Waals surface area contributed by atoms with E-state index >= 15 is 0 Å². The topological polar surface area (TPSA) is 100 Å². The summed E-state index contributed by atoms with van der Waals surface area (Å²) in [6, 6.07) is 14.9. The van der Waals surface area contributed by atoms with E-state index in [0.717, 1.165) is 11.1 Å². The molecular weight excluding hydrogens is 422 g/mol. The fourth-order valence-electron chi connectivity index (χ4n) is 3.42. The molecule has 1 amide bonds. The molecule has 0 radical (unpaired) electrons. The summed E-state index contributed by atoms with van der Waals surface area (Å²) >= 11 is 0. The van der Waals surface area contributed by atoms with E-state index in [4.69, 9.17) is 9.47 Å². The number of methoxy groups -OCH3 is 1. The maximum atomic E-state index is 12.9. The van der Waals surface area contributed by atoms with Gasteiger partial charge in [0.05, 0.1) is 26.4 Å². The van der Waals surface area contributed by atoms with Crippen LogP contribution in [0.1, 0.15) is 11.1 Å². The Morgan fingerprint density at radius 2 is 1.85 bits per heavy atom. The molecular formula is C24H25N5O4. The molecule has 2 heterocycles. The van der Waals surface area contributed by atoms with Gasteiger partial charge in [0, 0.05) is 6.54 Å². The summed E-state index contributed by atoms with van der Waals surface area (Å²) in [5.74, 6) is 1.04. The molecule has 0 unspecified atom stereocenters. The lowest BCUT2D eigenvalue weighted by atomic mass is 10.1. The van der Waals surface area contributed by atoms with E-state index in [2.05, 4.69) is 15.4 Å². The second kappa shape index (κ2) is 9.99. The van der Waals surface area contributed by atoms with Crippen molar-refractivity contribution in [2.24, 2.45) is 0 Å². The molecule has 0 saturated carbocycles. The molecule has 0 spiro atoms. The molecule has 0 atom stereocenters. The van der Waals surface area contributed by atoms with Crippen molar-refractivity contribution in [3.63, 3.8) is 0 Å². The number of nitrogens with one attached hydrogen (secondary N) is 1. The Kier molecular flexibility index (Phi) is 6.68. The molecule has 33 heavy (non-hydrogen) atoms. The zero-order valence-electron chi connectivity index (χ0n) is 18.5. The highest BCUT2D eigenvalue weighted by Crippen LogP contribution is 2.16. The first-order chi connectivity index (χ1) is 16.0. The molecule has 0 fully saturated rings. The van der Waals surface area contributed by atoms with Crippen LogP contribution in [0.15, 0.2) is 65.8 Å². The number of benzene rings is 2. The Hall–Kier alpha value is -4.14. The van der Waals surface area contributed by atoms with E-state index in [1.165, 1.54) is 12.5 Å². The van der Waals surface area contributed by atoms with Crippen molar-refractivity contribution in [3.8, 4) is 11.5 Å². The first-order valence-electron chi connectivity index (χ1n) is 10.5. The van der Waals surface area contributed by atoms with Crippen molar-refractivity contribution >= 4 is 16.9 Å². The number of hydrogen-bond donors (Lipinski definition) is 1. The summed E-state index contributed by atoms with van der Waals surface area (Å²) in [5.41, 5.74) is 2.52. The van der Waals surface area contributed by atoms with Gasteiger partial charge in [0.15, 0.2) is 12.3 Å². The third-order valence-electron chi connectivity index (χ3n) is 5.30. The quantitative estimate of drug-likeness (QED) is 0.422. The van der Waals surface area contributed by atoms with Gasteiger partial charge in [-0.2, -0.15) is 5.10 Å². The normalized spacial score (nSPS) is 10.8. The van der Waals surface area contributed by atoms with Crippen molar-refractivity contribution in [2.45, 2.75) is 20.0 Å². The number of carbonyl (C=O) groups excluding carboxylic acids is 1. The Morgan fingerprint density at radius 3 is 2.61 bits per heavy atom. The highest BCUT2D eigenvalue weighted by molar-refractivity contribution is 5.77. The Labute approximate surface area is 190 Å². The van der Waals surface area contributed by atoms with Crippen molar-refractivity contribution in [2.75, 3.05) is 20.3 Å². The highest BCUT2D eigenvalue weighted by atomic mass is 16.5. The second-order valence-electron chi connectivity index (χ2n) is 7.52. The summed E-state index contributed by atoms with van der Waals surface area (Å²) in [4.78, 5) is 29.4. The zero-order valence-corrected chi connectivity index (χ0v) is 18.5. The van der Waals surface area contributed by atoms with Gasteiger partial charge in [-0.05, 0) is 42.3 Å². The number of carbonyl (C=O) groups is 1. The molecule has 0 aliphatic rings. The summed E-state index contributed by atoms with van der Waals surface area (Å²) in [6.45, 7) is 3.07. The summed E-state index contributed by atoms with van der Waals surface area (Å²) in [6.07, 6.45) is 3.06. The molecule has 2 aromatic heterocycles. The van der Waals surface area contributed by atoms with Gasteiger partial charge in [0.25, 0.3) is 11.5 Å². The molecule has 0 aliphatic heterocycles. The Morgan fingerprint density at radius 1 is 1.09 bits per heavy atom. The number of fused-ring (bicyclic) bond motifs is 1. The number of hydrogen-bond acceptors (Lipinski definition) is 6. The molecule has 9 heteroatoms. The van der Waals surface area contributed by atoms with E-state index in [1.54, 1.807) is 40.6 Å². The SMILES string of the molecule is COc1ccc(OCC(=O)NCCn2ncc3c(=O)n(Cc4ccccc4C)cnc32)cc1. The third kappa shape index (κ3) is 5.20. The number of amides is 1. The number of ether oxygens (including phenoxy) is 2. The van der Waals surface area contributed by atoms with E-state index in [1.807, 2.05) is 31.2 Å². The van der Waals surface area contributed by atoms with Gasteiger partial charge >= 0.3 is 0 Å². The van der Waals surface area contributed by atoms with Gasteiger partial charge in [0.2, 0.25) is 0 Å². The number of rotatable bonds is 9. The van der Waals surface area contributed by atoms with Gasteiger partial charge in [-0.15, -0.1) is 0 Å². The van der Waals surface area contributed by atoms with Crippen LogP contribution in [0.25, 0.3) is 11.0 Å². The van der Waals surface area contributed by atoms with E-state index in [0.29, 0.717) is 42.2 Å². The smallest absolute Gasteiger partial charge is 0.264 e. The average Bonchev–Trinajstić information content (AvgIpc) is 3.25. The third-order valence-corrected chi connectivity index (χ3v) is 5.30. The molecule has 1 N–H and O–H groups in total. The van der Waals surface area contributed by atoms with Crippen LogP contribution in [0.2, 0.25) is 0 Å². The van der Waals surface area contributed by atoms with Gasteiger partial charge in [-0.25, -0.2) is 9.67 Å². The zero-order chi connectivity index (χ0) is 23.2. The van der Waals surface area contributed by atoms with E-state index in [9.17, 15) is 9.59 Å². The Bertz CT molecular complexity index is 1310. The van der Waals surface area contributed by atoms with Crippen molar-refractivity contribution < 1.29 is 14.3 Å². The second-order valence-corrected chi connectivity index (χ2v) is 7.52. The fraction of sp³-hybridized carbons (Fsp3) is 0.250. The minimum atomic E-state index is -0.254. The summed E-state index contributed by atoms with van der Waals surface area (Å²) in [7, 11) is 1.59. The monoisotopic (exact) mass is 447 g/mol. The Balaban J connectivity index is 1.33. The van der Waals surface area contributed by atoms with Crippen molar-refractivity contribution in [3.05, 3.63) is 82.5 Å². The van der Waals surface area contributed by atoms with Crippen LogP contribution in [0.3, 0.4) is 0 Å². The number of aryl methyl sites for hydroxylation is 1. The first-order valence-corrected chi connectivity index (χ1v) is 10.5. The minimum absolute atomic E-state index is 0.103. The molecule has 4 aromatic rings. The van der Waals surface area contributed by atoms with Gasteiger partial charge in [0.1, 0.15) is 23.2 Å². The summed E-state index contributed by atoms with van der Waals surface area (Å²) < 4.78 is 13.7. The molecule has 0 saturated heterocycles. The standard InChI is InChI=1S/C24H25N5O4/c1-17-5-3-4-6-18(17)14-28-16-26-23-21(24(28)31)13-27-29(23)12-11-25-22(30)15-33-20-9-7-19(32-2)8-10-20/h3-10,13,16H,11-12,14-15H2,1-2H3,(H,25,30). The number of nitrogens with zero attached hydrogens (tertiary/aromatic N) is 4. The predicted octanol–water partition coefficient (Wildman–Crippen LogP) is 2.15. The molecule has 170 valence electrons. The van der Waals surface area contributed by atoms with Crippen LogP contribution in [0.4, 0.5) is 0 Å². The van der Waals surface area contributed by atoms with E-state index < -0.39 is 0 Å². The van der Waals surface area contributed by atoms with Crippen LogP contribution in [-0.4, -0.2) is 45.5 Å². The van der Waals surface area contributed by atoms with Gasteiger partial charge < -0.3 is 14.8 Å². The van der Waals surface area contributed by atoms with Gasteiger partial charge in [-0.1, -0.05) is 24.3 Å². The van der Waals surface area contributed by atoms with Gasteiger partial charge in [-0.3, -0.25) is 14.2 Å². The number of aromatic nitrogens is 4. The lowest BCUT2D eigenvalue weighted by molar-refractivity contribution is -0.123. The maximum absolute atomic E-state index is 12.9. The lowest BCUT2D eigenvalue weighted by Crippen LogP contribution is -2.31. The largest absolute Gasteiger partial charge is 0.497 e. The average molecular weight is 447 g/mol. The van der Waals surface area contributed by atoms with Crippen molar-refractivity contribution in [1.82, 2.24) is 24.6 Å².